The number of hydrogen-bond acceptors (Lipinski definition) is 5. The van der Waals surface area contributed by atoms with Crippen molar-refractivity contribution < 1.29 is 18.8 Å². The van der Waals surface area contributed by atoms with Crippen molar-refractivity contribution in [2.24, 2.45) is 0 Å². The number of unbranched alkanes of at least 4 members (excludes halogenated alkanes) is 1. The van der Waals surface area contributed by atoms with Crippen LogP contribution in [0.2, 0.25) is 0 Å². The Bertz CT molecular complexity index is 498. The normalized spacial score (nSPS) is 18.0. The first kappa shape index (κ1) is 14.4. The van der Waals surface area contributed by atoms with Gasteiger partial charge in [0.2, 0.25) is 0 Å². The number of aromatic nitrogens is 1. The van der Waals surface area contributed by atoms with Crippen molar-refractivity contribution in [2.75, 3.05) is 6.61 Å². The summed E-state index contributed by atoms with van der Waals surface area (Å²) >= 11 is 0. The van der Waals surface area contributed by atoms with Gasteiger partial charge in [0, 0.05) is 0 Å². The predicted molar refractivity (Wildman–Crippen MR) is 70.4 cm³/mol. The van der Waals surface area contributed by atoms with E-state index < -0.39 is 12.1 Å². The van der Waals surface area contributed by atoms with E-state index in [9.17, 15) is 9.59 Å². The summed E-state index contributed by atoms with van der Waals surface area (Å²) in [6.07, 6.45) is 3.12. The molecule has 0 radical (unpaired) electrons. The molecule has 2 N–H and O–H groups in total. The van der Waals surface area contributed by atoms with Gasteiger partial charge in [-0.25, -0.2) is 4.79 Å². The highest BCUT2D eigenvalue weighted by Crippen LogP contribution is 2.23. The molecule has 1 aromatic heterocycles. The van der Waals surface area contributed by atoms with Gasteiger partial charge in [-0.2, -0.15) is 0 Å². The Morgan fingerprint density at radius 1 is 1.35 bits per heavy atom. The van der Waals surface area contributed by atoms with Crippen LogP contribution in [0.25, 0.3) is 0 Å². The smallest absolute Gasteiger partial charge is 0.322 e. The summed E-state index contributed by atoms with van der Waals surface area (Å²) in [4.78, 5) is 22.3. The summed E-state index contributed by atoms with van der Waals surface area (Å²) in [5, 5.41) is 8.67. The van der Waals surface area contributed by atoms with Crippen LogP contribution in [0.4, 0.5) is 4.79 Å². The Morgan fingerprint density at radius 3 is 2.80 bits per heavy atom. The molecule has 0 bridgehead atoms. The van der Waals surface area contributed by atoms with Gasteiger partial charge in [-0.1, -0.05) is 6.42 Å². The molecular weight excluding hydrogens is 262 g/mol. The van der Waals surface area contributed by atoms with E-state index in [1.54, 1.807) is 0 Å². The van der Waals surface area contributed by atoms with Gasteiger partial charge in [0.25, 0.3) is 11.8 Å². The third-order valence-electron chi connectivity index (χ3n) is 3.26. The van der Waals surface area contributed by atoms with Crippen molar-refractivity contribution in [1.82, 2.24) is 15.8 Å². The molecule has 20 heavy (non-hydrogen) atoms. The molecule has 1 aliphatic heterocycles. The molecule has 0 saturated carbocycles. The minimum Gasteiger partial charge on any atom is -0.476 e. The first-order valence-electron chi connectivity index (χ1n) is 6.81. The van der Waals surface area contributed by atoms with Crippen molar-refractivity contribution >= 4 is 11.9 Å². The quantitative estimate of drug-likeness (QED) is 0.580. The number of amides is 3. The highest BCUT2D eigenvalue weighted by atomic mass is 16.5. The van der Waals surface area contributed by atoms with E-state index in [4.69, 9.17) is 9.26 Å². The second-order valence-corrected chi connectivity index (χ2v) is 4.72. The van der Waals surface area contributed by atoms with Crippen molar-refractivity contribution in [3.8, 4) is 5.88 Å². The van der Waals surface area contributed by atoms with Crippen LogP contribution in [0.3, 0.4) is 0 Å². The number of hydrogen-bond donors (Lipinski definition) is 2. The van der Waals surface area contributed by atoms with Crippen molar-refractivity contribution in [3.63, 3.8) is 0 Å². The van der Waals surface area contributed by atoms with Crippen molar-refractivity contribution in [2.45, 2.75) is 45.6 Å². The number of nitrogens with one attached hydrogen (secondary N) is 2. The molecule has 1 atom stereocenters. The van der Waals surface area contributed by atoms with E-state index in [0.717, 1.165) is 30.6 Å². The average molecular weight is 281 g/mol. The maximum atomic E-state index is 11.4. The number of carbonyl (C=O) groups is 2. The van der Waals surface area contributed by atoms with Crippen LogP contribution in [0.1, 0.15) is 37.5 Å². The molecule has 110 valence electrons. The van der Waals surface area contributed by atoms with Crippen LogP contribution in [0, 0.1) is 6.92 Å². The van der Waals surface area contributed by atoms with E-state index in [1.165, 1.54) is 0 Å². The fourth-order valence-electron chi connectivity index (χ4n) is 2.22. The van der Waals surface area contributed by atoms with Crippen LogP contribution < -0.4 is 15.4 Å². The Balaban J connectivity index is 1.77. The molecule has 7 nitrogen and oxygen atoms in total. The maximum Gasteiger partial charge on any atom is 0.322 e. The van der Waals surface area contributed by atoms with Gasteiger partial charge >= 0.3 is 6.03 Å². The molecule has 1 aliphatic rings. The Kier molecular flexibility index (Phi) is 4.60. The summed E-state index contributed by atoms with van der Waals surface area (Å²) in [5.74, 6) is 1.07. The largest absolute Gasteiger partial charge is 0.476 e. The molecule has 0 aromatic carbocycles. The summed E-state index contributed by atoms with van der Waals surface area (Å²) in [6, 6.07) is -0.814. The zero-order valence-corrected chi connectivity index (χ0v) is 11.7. The standard InChI is InChI=1S/C13H19N3O4/c1-3-19-12-9(8(2)20-16-12)6-4-5-7-10-11(17)15-13(18)14-10/h10H,3-7H2,1-2H3,(H2,14,15,17,18). The number of urea groups is 1. The van der Waals surface area contributed by atoms with Crippen LogP contribution >= 0.6 is 0 Å². The van der Waals surface area contributed by atoms with Crippen LogP contribution in [-0.4, -0.2) is 29.7 Å². The summed E-state index contributed by atoms with van der Waals surface area (Å²) in [6.45, 7) is 4.30. The van der Waals surface area contributed by atoms with Gasteiger partial charge in [0.1, 0.15) is 11.8 Å². The number of rotatable bonds is 7. The molecular formula is C13H19N3O4. The number of imide groups is 1. The van der Waals surface area contributed by atoms with Gasteiger partial charge in [-0.05, 0) is 38.3 Å². The molecule has 1 saturated heterocycles. The predicted octanol–water partition coefficient (Wildman–Crippen LogP) is 1.30. The Morgan fingerprint density at radius 2 is 2.15 bits per heavy atom. The van der Waals surface area contributed by atoms with Gasteiger partial charge in [0.05, 0.1) is 12.2 Å². The number of ether oxygens (including phenoxy) is 1. The van der Waals surface area contributed by atoms with E-state index in [2.05, 4.69) is 15.8 Å². The maximum absolute atomic E-state index is 11.4. The second-order valence-electron chi connectivity index (χ2n) is 4.72. The van der Waals surface area contributed by atoms with Gasteiger partial charge < -0.3 is 14.6 Å². The molecule has 2 rings (SSSR count). The molecule has 1 aromatic rings. The highest BCUT2D eigenvalue weighted by Gasteiger charge is 2.28. The van der Waals surface area contributed by atoms with E-state index in [0.29, 0.717) is 18.9 Å². The molecule has 1 fully saturated rings. The number of aryl methyl sites for hydroxylation is 1. The van der Waals surface area contributed by atoms with E-state index >= 15 is 0 Å². The fraction of sp³-hybridized carbons (Fsp3) is 0.615. The lowest BCUT2D eigenvalue weighted by atomic mass is 10.0. The van der Waals surface area contributed by atoms with Crippen LogP contribution in [0.15, 0.2) is 4.52 Å². The monoisotopic (exact) mass is 281 g/mol. The average Bonchev–Trinajstić information content (AvgIpc) is 2.90. The third kappa shape index (κ3) is 3.28. The third-order valence-corrected chi connectivity index (χ3v) is 3.26. The fourth-order valence-corrected chi connectivity index (χ4v) is 2.22. The summed E-state index contributed by atoms with van der Waals surface area (Å²) in [5.41, 5.74) is 0.978. The summed E-state index contributed by atoms with van der Waals surface area (Å²) < 4.78 is 10.5. The summed E-state index contributed by atoms with van der Waals surface area (Å²) in [7, 11) is 0. The Labute approximate surface area is 117 Å². The van der Waals surface area contributed by atoms with Crippen LogP contribution in [0.5, 0.6) is 5.88 Å². The molecule has 0 spiro atoms. The lowest BCUT2D eigenvalue weighted by Crippen LogP contribution is -2.28. The van der Waals surface area contributed by atoms with Gasteiger partial charge in [0.15, 0.2) is 0 Å². The topological polar surface area (TPSA) is 93.5 Å². The minimum atomic E-state index is -0.409. The zero-order chi connectivity index (χ0) is 14.5. The highest BCUT2D eigenvalue weighted by molar-refractivity contribution is 6.04. The van der Waals surface area contributed by atoms with Gasteiger partial charge in [-0.15, -0.1) is 0 Å². The van der Waals surface area contributed by atoms with Crippen LogP contribution in [-0.2, 0) is 11.2 Å². The van der Waals surface area contributed by atoms with E-state index in [-0.39, 0.29) is 5.91 Å². The van der Waals surface area contributed by atoms with Crippen molar-refractivity contribution in [1.29, 1.82) is 0 Å². The molecule has 7 heteroatoms. The lowest BCUT2D eigenvalue weighted by molar-refractivity contribution is -0.120. The zero-order valence-electron chi connectivity index (χ0n) is 11.7. The first-order valence-corrected chi connectivity index (χ1v) is 6.81. The molecule has 1 unspecified atom stereocenters. The van der Waals surface area contributed by atoms with Gasteiger partial charge in [-0.3, -0.25) is 10.1 Å². The number of carbonyl (C=O) groups excluding carboxylic acids is 2. The second kappa shape index (κ2) is 6.40. The molecule has 3 amide bonds. The Hall–Kier alpha value is -2.05. The minimum absolute atomic E-state index is 0.244. The first-order chi connectivity index (χ1) is 9.61. The SMILES string of the molecule is CCOc1noc(C)c1CCCCC1NC(=O)NC1=O. The number of nitrogens with zero attached hydrogens (tertiary/aromatic N) is 1. The lowest BCUT2D eigenvalue weighted by Gasteiger charge is -2.07. The van der Waals surface area contributed by atoms with Crippen molar-refractivity contribution in [3.05, 3.63) is 11.3 Å². The van der Waals surface area contributed by atoms with E-state index in [1.807, 2.05) is 13.8 Å². The molecule has 0 aliphatic carbocycles. The molecule has 2 heterocycles.